The summed E-state index contributed by atoms with van der Waals surface area (Å²) in [5.74, 6) is -0.605. The van der Waals surface area contributed by atoms with Gasteiger partial charge >= 0.3 is 0 Å². The van der Waals surface area contributed by atoms with E-state index < -0.39 is 0 Å². The van der Waals surface area contributed by atoms with Gasteiger partial charge in [0.1, 0.15) is 11.5 Å². The molecule has 0 aliphatic carbocycles. The van der Waals surface area contributed by atoms with Gasteiger partial charge in [-0.3, -0.25) is 4.79 Å². The Bertz CT molecular complexity index is 919. The van der Waals surface area contributed by atoms with Crippen LogP contribution in [0, 0.1) is 19.7 Å². The van der Waals surface area contributed by atoms with Crippen LogP contribution < -0.4 is 5.32 Å². The van der Waals surface area contributed by atoms with Gasteiger partial charge < -0.3 is 5.32 Å². The van der Waals surface area contributed by atoms with Crippen molar-refractivity contribution in [3.8, 4) is 11.1 Å². The van der Waals surface area contributed by atoms with Crippen molar-refractivity contribution in [1.29, 1.82) is 0 Å². The molecule has 0 aliphatic heterocycles. The van der Waals surface area contributed by atoms with Gasteiger partial charge in [0.2, 0.25) is 0 Å². The number of rotatable bonds is 2. The van der Waals surface area contributed by atoms with Gasteiger partial charge in [-0.05, 0) is 48.7 Å². The fraction of sp³-hybridized carbons (Fsp3) is 0.158. The van der Waals surface area contributed by atoms with Gasteiger partial charge in [0.05, 0.1) is 5.52 Å². The lowest BCUT2D eigenvalue weighted by molar-refractivity contribution is 0.0958. The molecule has 0 radical (unpaired) electrons. The highest BCUT2D eigenvalue weighted by Gasteiger charge is 2.16. The number of hydrogen-bond acceptors (Lipinski definition) is 2. The maximum Gasteiger partial charge on any atom is 0.269 e. The van der Waals surface area contributed by atoms with Crippen molar-refractivity contribution in [2.45, 2.75) is 13.8 Å². The lowest BCUT2D eigenvalue weighted by Crippen LogP contribution is -2.19. The topological polar surface area (TPSA) is 42.0 Å². The minimum absolute atomic E-state index is 0.281. The second-order valence-corrected chi connectivity index (χ2v) is 5.59. The predicted octanol–water partition coefficient (Wildman–Crippen LogP) is 4.02. The van der Waals surface area contributed by atoms with Gasteiger partial charge in [-0.2, -0.15) is 0 Å². The van der Waals surface area contributed by atoms with E-state index in [4.69, 9.17) is 0 Å². The number of fused-ring (bicyclic) bond motifs is 1. The first-order valence-electron chi connectivity index (χ1n) is 7.40. The lowest BCUT2D eigenvalue weighted by Gasteiger charge is -2.13. The summed E-state index contributed by atoms with van der Waals surface area (Å²) in [6.07, 6.45) is 0. The van der Waals surface area contributed by atoms with Crippen LogP contribution in [0.4, 0.5) is 4.39 Å². The maximum absolute atomic E-state index is 14.3. The fourth-order valence-electron chi connectivity index (χ4n) is 2.89. The number of carbonyl (C=O) groups excluding carboxylic acids is 1. The van der Waals surface area contributed by atoms with Crippen molar-refractivity contribution in [2.75, 3.05) is 7.05 Å². The molecule has 0 saturated carbocycles. The highest BCUT2D eigenvalue weighted by atomic mass is 19.1. The minimum atomic E-state index is -0.317. The maximum atomic E-state index is 14.3. The molecule has 1 aromatic heterocycles. The second kappa shape index (κ2) is 5.80. The molecule has 1 N–H and O–H groups in total. The summed E-state index contributed by atoms with van der Waals surface area (Å²) in [4.78, 5) is 16.5. The zero-order chi connectivity index (χ0) is 16.6. The highest BCUT2D eigenvalue weighted by molar-refractivity contribution is 6.02. The smallest absolute Gasteiger partial charge is 0.269 e. The SMILES string of the molecule is CNC(=O)c1cc(-c2ccccc2F)c2c(C)cc(C)cc2n1. The standard InChI is InChI=1S/C19H17FN2O/c1-11-8-12(2)18-14(13-6-4-5-7-15(13)20)10-17(19(23)21-3)22-16(18)9-11/h4-10H,1-3H3,(H,21,23). The van der Waals surface area contributed by atoms with E-state index in [9.17, 15) is 9.18 Å². The van der Waals surface area contributed by atoms with E-state index in [0.29, 0.717) is 16.6 Å². The molecule has 23 heavy (non-hydrogen) atoms. The van der Waals surface area contributed by atoms with Gasteiger partial charge in [-0.15, -0.1) is 0 Å². The molecule has 0 aliphatic rings. The molecule has 0 atom stereocenters. The first-order valence-corrected chi connectivity index (χ1v) is 7.40. The number of amides is 1. The molecule has 1 amide bonds. The number of aromatic nitrogens is 1. The van der Waals surface area contributed by atoms with Gasteiger partial charge in [-0.1, -0.05) is 24.3 Å². The average Bonchev–Trinajstić information content (AvgIpc) is 2.53. The number of pyridine rings is 1. The van der Waals surface area contributed by atoms with Gasteiger partial charge in [-0.25, -0.2) is 9.37 Å². The summed E-state index contributed by atoms with van der Waals surface area (Å²) in [5.41, 5.74) is 4.19. The van der Waals surface area contributed by atoms with Gasteiger partial charge in [0.15, 0.2) is 0 Å². The molecule has 2 aromatic carbocycles. The number of carbonyl (C=O) groups is 1. The number of benzene rings is 2. The Labute approximate surface area is 134 Å². The van der Waals surface area contributed by atoms with Crippen molar-refractivity contribution in [1.82, 2.24) is 10.3 Å². The van der Waals surface area contributed by atoms with Gasteiger partial charge in [0, 0.05) is 18.0 Å². The number of nitrogens with zero attached hydrogens (tertiary/aromatic N) is 1. The third-order valence-corrected chi connectivity index (χ3v) is 3.87. The predicted molar refractivity (Wildman–Crippen MR) is 90.0 cm³/mol. The van der Waals surface area contributed by atoms with E-state index in [2.05, 4.69) is 10.3 Å². The fourth-order valence-corrected chi connectivity index (χ4v) is 2.89. The molecule has 4 heteroatoms. The molecule has 3 rings (SSSR count). The molecular weight excluding hydrogens is 291 g/mol. The van der Waals surface area contributed by atoms with E-state index in [1.54, 1.807) is 31.3 Å². The summed E-state index contributed by atoms with van der Waals surface area (Å²) < 4.78 is 14.3. The van der Waals surface area contributed by atoms with Crippen LogP contribution >= 0.6 is 0 Å². The minimum Gasteiger partial charge on any atom is -0.354 e. The van der Waals surface area contributed by atoms with Gasteiger partial charge in [0.25, 0.3) is 5.91 Å². The van der Waals surface area contributed by atoms with E-state index >= 15 is 0 Å². The summed E-state index contributed by atoms with van der Waals surface area (Å²) in [5, 5.41) is 3.44. The van der Waals surface area contributed by atoms with E-state index in [1.807, 2.05) is 26.0 Å². The van der Waals surface area contributed by atoms with Crippen molar-refractivity contribution < 1.29 is 9.18 Å². The molecule has 116 valence electrons. The molecule has 3 nitrogen and oxygen atoms in total. The van der Waals surface area contributed by atoms with Crippen molar-refractivity contribution >= 4 is 16.8 Å². The molecular formula is C19H17FN2O. The Morgan fingerprint density at radius 1 is 1.09 bits per heavy atom. The number of aryl methyl sites for hydroxylation is 2. The number of halogens is 1. The zero-order valence-electron chi connectivity index (χ0n) is 13.3. The van der Waals surface area contributed by atoms with Crippen LogP contribution in [0.3, 0.4) is 0 Å². The lowest BCUT2D eigenvalue weighted by atomic mass is 9.95. The molecule has 3 aromatic rings. The van der Waals surface area contributed by atoms with Crippen molar-refractivity contribution in [3.05, 3.63) is 65.1 Å². The summed E-state index contributed by atoms with van der Waals surface area (Å²) in [6, 6.07) is 12.2. The van der Waals surface area contributed by atoms with Crippen LogP contribution in [0.2, 0.25) is 0 Å². The molecule has 0 spiro atoms. The molecule has 0 fully saturated rings. The Balaban J connectivity index is 2.43. The third-order valence-electron chi connectivity index (χ3n) is 3.87. The van der Waals surface area contributed by atoms with E-state index in [1.165, 1.54) is 6.07 Å². The normalized spacial score (nSPS) is 10.8. The summed E-state index contributed by atoms with van der Waals surface area (Å²) in [7, 11) is 1.55. The first kappa shape index (κ1) is 15.2. The molecule has 1 heterocycles. The Hall–Kier alpha value is -2.75. The monoisotopic (exact) mass is 308 g/mol. The zero-order valence-corrected chi connectivity index (χ0v) is 13.3. The van der Waals surface area contributed by atoms with Crippen LogP contribution in [-0.4, -0.2) is 17.9 Å². The van der Waals surface area contributed by atoms with E-state index in [-0.39, 0.29) is 17.4 Å². The number of hydrogen-bond donors (Lipinski definition) is 1. The number of nitrogens with one attached hydrogen (secondary N) is 1. The first-order chi connectivity index (χ1) is 11.0. The quantitative estimate of drug-likeness (QED) is 0.777. The van der Waals surface area contributed by atoms with E-state index in [0.717, 1.165) is 16.5 Å². The van der Waals surface area contributed by atoms with Crippen LogP contribution in [0.5, 0.6) is 0 Å². The second-order valence-electron chi connectivity index (χ2n) is 5.59. The highest BCUT2D eigenvalue weighted by Crippen LogP contribution is 2.33. The Kier molecular flexibility index (Phi) is 3.82. The van der Waals surface area contributed by atoms with Crippen LogP contribution in [0.15, 0.2) is 42.5 Å². The third kappa shape index (κ3) is 2.68. The summed E-state index contributed by atoms with van der Waals surface area (Å²) >= 11 is 0. The molecule has 0 unspecified atom stereocenters. The van der Waals surface area contributed by atoms with Crippen LogP contribution in [0.25, 0.3) is 22.0 Å². The van der Waals surface area contributed by atoms with Crippen molar-refractivity contribution in [2.24, 2.45) is 0 Å². The van der Waals surface area contributed by atoms with Crippen LogP contribution in [-0.2, 0) is 0 Å². The van der Waals surface area contributed by atoms with Crippen LogP contribution in [0.1, 0.15) is 21.6 Å². The molecule has 0 saturated heterocycles. The Morgan fingerprint density at radius 2 is 1.83 bits per heavy atom. The largest absolute Gasteiger partial charge is 0.354 e. The summed E-state index contributed by atoms with van der Waals surface area (Å²) in [6.45, 7) is 3.95. The average molecular weight is 308 g/mol. The molecule has 0 bridgehead atoms. The van der Waals surface area contributed by atoms with Crippen molar-refractivity contribution in [3.63, 3.8) is 0 Å². The Morgan fingerprint density at radius 3 is 2.52 bits per heavy atom.